The summed E-state index contributed by atoms with van der Waals surface area (Å²) in [5.74, 6) is 2.64. The average Bonchev–Trinajstić information content (AvgIpc) is 2.30. The molecule has 0 aliphatic rings. The number of benzene rings is 1. The summed E-state index contributed by atoms with van der Waals surface area (Å²) in [6.07, 6.45) is 0. The van der Waals surface area contributed by atoms with Gasteiger partial charge in [0.15, 0.2) is 0 Å². The maximum atomic E-state index is 11.9. The SMILES string of the molecule is C=C(C)N(C#CC)C(=O)Nc1ccc(Cl)c(Cl)c1. The highest BCUT2D eigenvalue weighted by atomic mass is 35.5. The highest BCUT2D eigenvalue weighted by Crippen LogP contribution is 2.25. The zero-order valence-corrected chi connectivity index (χ0v) is 11.6. The summed E-state index contributed by atoms with van der Waals surface area (Å²) < 4.78 is 0. The molecular weight excluding hydrogens is 271 g/mol. The van der Waals surface area contributed by atoms with Gasteiger partial charge < -0.3 is 5.32 Å². The first-order valence-electron chi connectivity index (χ1n) is 5.09. The van der Waals surface area contributed by atoms with Crippen LogP contribution >= 0.6 is 23.2 Å². The number of allylic oxidation sites excluding steroid dienone is 1. The topological polar surface area (TPSA) is 32.3 Å². The molecule has 2 amide bonds. The van der Waals surface area contributed by atoms with Gasteiger partial charge in [-0.1, -0.05) is 35.7 Å². The number of anilines is 1. The number of nitrogens with zero attached hydrogens (tertiary/aromatic N) is 1. The number of rotatable bonds is 2. The Morgan fingerprint density at radius 3 is 2.56 bits per heavy atom. The van der Waals surface area contributed by atoms with E-state index in [-0.39, 0.29) is 0 Å². The lowest BCUT2D eigenvalue weighted by Gasteiger charge is -2.16. The smallest absolute Gasteiger partial charge is 0.307 e. The maximum Gasteiger partial charge on any atom is 0.337 e. The minimum absolute atomic E-state index is 0.373. The highest BCUT2D eigenvalue weighted by molar-refractivity contribution is 6.42. The molecule has 0 bridgehead atoms. The molecule has 1 aromatic rings. The Balaban J connectivity index is 2.88. The fourth-order valence-electron chi connectivity index (χ4n) is 1.18. The van der Waals surface area contributed by atoms with Crippen molar-refractivity contribution < 1.29 is 4.79 Å². The summed E-state index contributed by atoms with van der Waals surface area (Å²) in [5.41, 5.74) is 1.07. The summed E-state index contributed by atoms with van der Waals surface area (Å²) in [7, 11) is 0. The first-order chi connectivity index (χ1) is 8.45. The van der Waals surface area contributed by atoms with E-state index < -0.39 is 6.03 Å². The summed E-state index contributed by atoms with van der Waals surface area (Å²) in [6.45, 7) is 7.02. The number of nitrogens with one attached hydrogen (secondary N) is 1. The van der Waals surface area contributed by atoms with Crippen LogP contribution in [0.5, 0.6) is 0 Å². The van der Waals surface area contributed by atoms with Gasteiger partial charge in [0.25, 0.3) is 0 Å². The van der Waals surface area contributed by atoms with Crippen LogP contribution in [0.2, 0.25) is 10.0 Å². The van der Waals surface area contributed by atoms with Gasteiger partial charge >= 0.3 is 6.03 Å². The van der Waals surface area contributed by atoms with Gasteiger partial charge in [0, 0.05) is 17.4 Å². The van der Waals surface area contributed by atoms with Crippen LogP contribution in [0.15, 0.2) is 30.5 Å². The van der Waals surface area contributed by atoms with E-state index in [1.807, 2.05) is 0 Å². The molecule has 94 valence electrons. The minimum atomic E-state index is -0.393. The zero-order valence-electron chi connectivity index (χ0n) is 10.1. The summed E-state index contributed by atoms with van der Waals surface area (Å²) in [5, 5.41) is 3.46. The quantitative estimate of drug-likeness (QED) is 0.635. The fourth-order valence-corrected chi connectivity index (χ4v) is 1.48. The van der Waals surface area contributed by atoms with Crippen molar-refractivity contribution in [2.45, 2.75) is 13.8 Å². The number of carbonyl (C=O) groups excluding carboxylic acids is 1. The molecule has 1 rings (SSSR count). The molecule has 0 saturated carbocycles. The minimum Gasteiger partial charge on any atom is -0.307 e. The monoisotopic (exact) mass is 282 g/mol. The molecule has 0 spiro atoms. The third-order valence-corrected chi connectivity index (χ3v) is 2.72. The Morgan fingerprint density at radius 1 is 1.39 bits per heavy atom. The maximum absolute atomic E-state index is 11.9. The lowest BCUT2D eigenvalue weighted by Crippen LogP contribution is -2.29. The lowest BCUT2D eigenvalue weighted by atomic mass is 10.3. The molecule has 0 atom stereocenters. The van der Waals surface area contributed by atoms with Crippen molar-refractivity contribution in [3.63, 3.8) is 0 Å². The molecular formula is C13H12Cl2N2O. The summed E-state index contributed by atoms with van der Waals surface area (Å²) >= 11 is 11.6. The number of urea groups is 1. The third kappa shape index (κ3) is 3.69. The standard InChI is InChI=1S/C13H12Cl2N2O/c1-4-7-17(9(2)3)13(18)16-10-5-6-11(14)12(15)8-10/h5-6,8H,2H2,1,3H3,(H,16,18). The van der Waals surface area contributed by atoms with Crippen LogP contribution in [-0.2, 0) is 0 Å². The number of hydrogen-bond donors (Lipinski definition) is 1. The van der Waals surface area contributed by atoms with Crippen molar-refractivity contribution in [1.82, 2.24) is 4.90 Å². The molecule has 0 fully saturated rings. The Kier molecular flexibility index (Phi) is 5.08. The number of halogens is 2. The van der Waals surface area contributed by atoms with Crippen LogP contribution in [0.25, 0.3) is 0 Å². The fraction of sp³-hybridized carbons (Fsp3) is 0.154. The first kappa shape index (κ1) is 14.4. The van der Waals surface area contributed by atoms with Gasteiger partial charge in [-0.3, -0.25) is 0 Å². The van der Waals surface area contributed by atoms with Crippen LogP contribution in [0, 0.1) is 12.0 Å². The van der Waals surface area contributed by atoms with E-state index in [2.05, 4.69) is 23.9 Å². The molecule has 3 nitrogen and oxygen atoms in total. The highest BCUT2D eigenvalue weighted by Gasteiger charge is 2.12. The summed E-state index contributed by atoms with van der Waals surface area (Å²) in [6, 6.07) is 7.08. The van der Waals surface area contributed by atoms with Gasteiger partial charge in [-0.15, -0.1) is 0 Å². The third-order valence-electron chi connectivity index (χ3n) is 1.98. The van der Waals surface area contributed by atoms with Crippen LogP contribution in [0.3, 0.4) is 0 Å². The Morgan fingerprint density at radius 2 is 2.06 bits per heavy atom. The van der Waals surface area contributed by atoms with Crippen molar-refractivity contribution in [2.24, 2.45) is 0 Å². The van der Waals surface area contributed by atoms with Crippen LogP contribution in [-0.4, -0.2) is 10.9 Å². The van der Waals surface area contributed by atoms with E-state index >= 15 is 0 Å². The molecule has 5 heteroatoms. The predicted octanol–water partition coefficient (Wildman–Crippen LogP) is 4.34. The molecule has 1 aromatic carbocycles. The van der Waals surface area contributed by atoms with Gasteiger partial charge in [-0.25, -0.2) is 9.69 Å². The van der Waals surface area contributed by atoms with Gasteiger partial charge in [0.2, 0.25) is 0 Å². The molecule has 0 aliphatic carbocycles. The van der Waals surface area contributed by atoms with Gasteiger partial charge in [0.1, 0.15) is 0 Å². The van der Waals surface area contributed by atoms with Crippen molar-refractivity contribution in [1.29, 1.82) is 0 Å². The van der Waals surface area contributed by atoms with Gasteiger partial charge in [0.05, 0.1) is 10.0 Å². The molecule has 0 aromatic heterocycles. The number of amides is 2. The van der Waals surface area contributed by atoms with Crippen LogP contribution in [0.1, 0.15) is 13.8 Å². The first-order valence-corrected chi connectivity index (χ1v) is 5.85. The predicted molar refractivity (Wildman–Crippen MR) is 75.6 cm³/mol. The zero-order chi connectivity index (χ0) is 13.7. The second-order valence-corrected chi connectivity index (χ2v) is 4.31. The molecule has 0 saturated heterocycles. The van der Waals surface area contributed by atoms with E-state index in [4.69, 9.17) is 23.2 Å². The largest absolute Gasteiger partial charge is 0.337 e. The molecule has 0 radical (unpaired) electrons. The summed E-state index contributed by atoms with van der Waals surface area (Å²) in [4.78, 5) is 13.1. The van der Waals surface area contributed by atoms with Gasteiger partial charge in [-0.05, 0) is 32.0 Å². The average molecular weight is 283 g/mol. The van der Waals surface area contributed by atoms with E-state index in [1.165, 1.54) is 4.90 Å². The van der Waals surface area contributed by atoms with E-state index in [0.29, 0.717) is 21.4 Å². The van der Waals surface area contributed by atoms with Crippen molar-refractivity contribution >= 4 is 34.9 Å². The molecule has 0 unspecified atom stereocenters. The van der Waals surface area contributed by atoms with E-state index in [0.717, 1.165) is 0 Å². The molecule has 0 aliphatic heterocycles. The second-order valence-electron chi connectivity index (χ2n) is 3.49. The normalized spacial score (nSPS) is 9.11. The van der Waals surface area contributed by atoms with Crippen LogP contribution in [0.4, 0.5) is 10.5 Å². The van der Waals surface area contributed by atoms with E-state index in [9.17, 15) is 4.79 Å². The molecule has 18 heavy (non-hydrogen) atoms. The van der Waals surface area contributed by atoms with Crippen LogP contribution < -0.4 is 5.32 Å². The Hall–Kier alpha value is -1.63. The second kappa shape index (κ2) is 6.34. The number of carbonyl (C=O) groups is 1. The molecule has 0 heterocycles. The number of hydrogen-bond acceptors (Lipinski definition) is 1. The van der Waals surface area contributed by atoms with Crippen molar-refractivity contribution in [2.75, 3.05) is 5.32 Å². The van der Waals surface area contributed by atoms with Gasteiger partial charge in [-0.2, -0.15) is 0 Å². The Labute approximate surface area is 116 Å². The van der Waals surface area contributed by atoms with Crippen molar-refractivity contribution in [3.05, 3.63) is 40.5 Å². The lowest BCUT2D eigenvalue weighted by molar-refractivity contribution is 0.238. The van der Waals surface area contributed by atoms with Crippen molar-refractivity contribution in [3.8, 4) is 12.0 Å². The molecule has 1 N–H and O–H groups in total. The Bertz CT molecular complexity index is 544. The van der Waals surface area contributed by atoms with E-state index in [1.54, 1.807) is 32.0 Å².